The molecule has 1 aromatic carbocycles. The first kappa shape index (κ1) is 15.0. The average Bonchev–Trinajstić information content (AvgIpc) is 3.17. The topological polar surface area (TPSA) is 73.0 Å². The molecule has 0 saturated heterocycles. The number of aromatic nitrogens is 3. The second kappa shape index (κ2) is 6.48. The van der Waals surface area contributed by atoms with Gasteiger partial charge in [-0.15, -0.1) is 0 Å². The number of benzene rings is 1. The number of aryl methyl sites for hydroxylation is 2. The minimum Gasteiger partial charge on any atom is -0.466 e. The second-order valence-electron chi connectivity index (χ2n) is 5.35. The Hall–Kier alpha value is -2.89. The Labute approximate surface area is 134 Å². The fourth-order valence-electron chi connectivity index (χ4n) is 2.51. The predicted molar refractivity (Wildman–Crippen MR) is 84.9 cm³/mol. The zero-order chi connectivity index (χ0) is 16.2. The van der Waals surface area contributed by atoms with Gasteiger partial charge in [-0.2, -0.15) is 15.0 Å². The van der Waals surface area contributed by atoms with E-state index in [4.69, 9.17) is 4.42 Å². The third-order valence-electron chi connectivity index (χ3n) is 3.61. The molecule has 23 heavy (non-hydrogen) atoms. The summed E-state index contributed by atoms with van der Waals surface area (Å²) in [7, 11) is 0. The highest BCUT2D eigenvalue weighted by molar-refractivity contribution is 5.95. The van der Waals surface area contributed by atoms with E-state index in [2.05, 4.69) is 15.5 Å². The number of carbonyl (C=O) groups is 1. The lowest BCUT2D eigenvalue weighted by Crippen LogP contribution is -2.32. The van der Waals surface area contributed by atoms with Crippen LogP contribution in [0.2, 0.25) is 0 Å². The van der Waals surface area contributed by atoms with Gasteiger partial charge in [0.05, 0.1) is 30.5 Å². The van der Waals surface area contributed by atoms with Crippen molar-refractivity contribution in [1.82, 2.24) is 20.3 Å². The first-order valence-electron chi connectivity index (χ1n) is 7.40. The number of rotatable bonds is 5. The van der Waals surface area contributed by atoms with Gasteiger partial charge in [0.15, 0.2) is 0 Å². The van der Waals surface area contributed by atoms with Crippen LogP contribution in [0.5, 0.6) is 0 Å². The number of furan rings is 1. The number of nitrogens with one attached hydrogen (secondary N) is 1. The molecule has 0 unspecified atom stereocenters. The van der Waals surface area contributed by atoms with Crippen molar-refractivity contribution in [3.8, 4) is 0 Å². The van der Waals surface area contributed by atoms with Crippen molar-refractivity contribution >= 4 is 5.91 Å². The fraction of sp³-hybridized carbons (Fsp3) is 0.235. The van der Waals surface area contributed by atoms with Crippen LogP contribution in [0.25, 0.3) is 0 Å². The minimum absolute atomic E-state index is 0.166. The number of amides is 1. The maximum absolute atomic E-state index is 12.6. The molecule has 0 aliphatic carbocycles. The Kier molecular flexibility index (Phi) is 4.23. The SMILES string of the molecule is Cc1cc(C(=O)N[C@@H](Cn2nccn2)c2ccccc2)c(C)o1. The van der Waals surface area contributed by atoms with Crippen molar-refractivity contribution in [2.24, 2.45) is 0 Å². The quantitative estimate of drug-likeness (QED) is 0.786. The van der Waals surface area contributed by atoms with Gasteiger partial charge in [-0.05, 0) is 25.5 Å². The first-order chi connectivity index (χ1) is 11.1. The van der Waals surface area contributed by atoms with Crippen molar-refractivity contribution in [3.63, 3.8) is 0 Å². The van der Waals surface area contributed by atoms with Gasteiger partial charge in [0, 0.05) is 0 Å². The highest BCUT2D eigenvalue weighted by atomic mass is 16.3. The van der Waals surface area contributed by atoms with E-state index in [0.29, 0.717) is 17.9 Å². The molecule has 2 aromatic heterocycles. The highest BCUT2D eigenvalue weighted by Gasteiger charge is 2.20. The molecule has 1 amide bonds. The van der Waals surface area contributed by atoms with Gasteiger partial charge in [-0.3, -0.25) is 4.79 Å². The number of carbonyl (C=O) groups excluding carboxylic acids is 1. The maximum atomic E-state index is 12.6. The van der Waals surface area contributed by atoms with Crippen LogP contribution in [-0.4, -0.2) is 20.9 Å². The van der Waals surface area contributed by atoms with Gasteiger partial charge in [0.25, 0.3) is 5.91 Å². The second-order valence-corrected chi connectivity index (χ2v) is 5.35. The zero-order valence-corrected chi connectivity index (χ0v) is 13.1. The molecule has 6 heteroatoms. The van der Waals surface area contributed by atoms with Gasteiger partial charge in [0.1, 0.15) is 11.5 Å². The van der Waals surface area contributed by atoms with E-state index in [0.717, 1.165) is 11.3 Å². The van der Waals surface area contributed by atoms with Gasteiger partial charge < -0.3 is 9.73 Å². The zero-order valence-electron chi connectivity index (χ0n) is 13.1. The number of nitrogens with zero attached hydrogens (tertiary/aromatic N) is 3. The summed E-state index contributed by atoms with van der Waals surface area (Å²) in [6.45, 7) is 4.07. The predicted octanol–water partition coefficient (Wildman–Crippen LogP) is 2.66. The lowest BCUT2D eigenvalue weighted by molar-refractivity contribution is 0.0929. The Morgan fingerprint density at radius 2 is 1.91 bits per heavy atom. The molecule has 0 aliphatic heterocycles. The van der Waals surface area contributed by atoms with E-state index in [1.165, 1.54) is 0 Å². The van der Waals surface area contributed by atoms with Crippen LogP contribution >= 0.6 is 0 Å². The molecule has 0 saturated carbocycles. The Balaban J connectivity index is 1.83. The molecule has 0 bridgehead atoms. The molecule has 0 spiro atoms. The summed E-state index contributed by atoms with van der Waals surface area (Å²) in [6.07, 6.45) is 3.24. The Morgan fingerprint density at radius 3 is 2.52 bits per heavy atom. The molecule has 1 N–H and O–H groups in total. The molecular formula is C17H18N4O2. The average molecular weight is 310 g/mol. The molecular weight excluding hydrogens is 292 g/mol. The van der Waals surface area contributed by atoms with Crippen LogP contribution in [0.4, 0.5) is 0 Å². The van der Waals surface area contributed by atoms with Gasteiger partial charge >= 0.3 is 0 Å². The maximum Gasteiger partial charge on any atom is 0.255 e. The normalized spacial score (nSPS) is 12.1. The van der Waals surface area contributed by atoms with Crippen molar-refractivity contribution in [1.29, 1.82) is 0 Å². The van der Waals surface area contributed by atoms with Crippen molar-refractivity contribution in [2.75, 3.05) is 0 Å². The summed E-state index contributed by atoms with van der Waals surface area (Å²) in [5, 5.41) is 11.3. The molecule has 0 aliphatic rings. The summed E-state index contributed by atoms with van der Waals surface area (Å²) in [4.78, 5) is 14.1. The number of hydrogen-bond donors (Lipinski definition) is 1. The minimum atomic E-state index is -0.231. The summed E-state index contributed by atoms with van der Waals surface area (Å²) < 4.78 is 5.44. The standard InChI is InChI=1S/C17H18N4O2/c1-12-10-15(13(2)23-12)17(22)20-16(11-21-18-8-9-19-21)14-6-4-3-5-7-14/h3-10,16H,11H2,1-2H3,(H,20,22)/t16-/m0/s1. The van der Waals surface area contributed by atoms with Gasteiger partial charge in [-0.25, -0.2) is 0 Å². The smallest absolute Gasteiger partial charge is 0.255 e. The molecule has 1 atom stereocenters. The van der Waals surface area contributed by atoms with E-state index in [1.807, 2.05) is 37.3 Å². The summed E-state index contributed by atoms with van der Waals surface area (Å²) in [5.41, 5.74) is 1.55. The van der Waals surface area contributed by atoms with Crippen LogP contribution in [0.15, 0.2) is 53.2 Å². The molecule has 0 fully saturated rings. The van der Waals surface area contributed by atoms with Crippen molar-refractivity contribution in [2.45, 2.75) is 26.4 Å². The fourth-order valence-corrected chi connectivity index (χ4v) is 2.51. The van der Waals surface area contributed by atoms with Crippen LogP contribution in [0, 0.1) is 13.8 Å². The Morgan fingerprint density at radius 1 is 1.22 bits per heavy atom. The highest BCUT2D eigenvalue weighted by Crippen LogP contribution is 2.18. The molecule has 118 valence electrons. The monoisotopic (exact) mass is 310 g/mol. The molecule has 0 radical (unpaired) electrons. The molecule has 3 aromatic rings. The lowest BCUT2D eigenvalue weighted by Gasteiger charge is -2.18. The van der Waals surface area contributed by atoms with E-state index in [1.54, 1.807) is 30.2 Å². The van der Waals surface area contributed by atoms with Crippen molar-refractivity contribution < 1.29 is 9.21 Å². The summed E-state index contributed by atoms with van der Waals surface area (Å²) in [5.74, 6) is 1.17. The molecule has 2 heterocycles. The van der Waals surface area contributed by atoms with Crippen LogP contribution in [0.1, 0.15) is 33.5 Å². The number of hydrogen-bond acceptors (Lipinski definition) is 4. The molecule has 3 rings (SSSR count). The third kappa shape index (κ3) is 3.48. The lowest BCUT2D eigenvalue weighted by atomic mass is 10.1. The van der Waals surface area contributed by atoms with Gasteiger partial charge in [-0.1, -0.05) is 30.3 Å². The Bertz CT molecular complexity index is 778. The van der Waals surface area contributed by atoms with Crippen LogP contribution in [-0.2, 0) is 6.54 Å². The largest absolute Gasteiger partial charge is 0.466 e. The van der Waals surface area contributed by atoms with E-state index in [9.17, 15) is 4.79 Å². The summed E-state index contributed by atoms with van der Waals surface area (Å²) in [6, 6.07) is 11.3. The van der Waals surface area contributed by atoms with E-state index >= 15 is 0 Å². The van der Waals surface area contributed by atoms with Gasteiger partial charge in [0.2, 0.25) is 0 Å². The van der Waals surface area contributed by atoms with E-state index < -0.39 is 0 Å². The first-order valence-corrected chi connectivity index (χ1v) is 7.40. The van der Waals surface area contributed by atoms with E-state index in [-0.39, 0.29) is 11.9 Å². The van der Waals surface area contributed by atoms with Crippen molar-refractivity contribution in [3.05, 3.63) is 71.4 Å². The third-order valence-corrected chi connectivity index (χ3v) is 3.61. The molecule has 6 nitrogen and oxygen atoms in total. The van der Waals surface area contributed by atoms with Crippen LogP contribution in [0.3, 0.4) is 0 Å². The van der Waals surface area contributed by atoms with Crippen LogP contribution < -0.4 is 5.32 Å². The summed E-state index contributed by atoms with van der Waals surface area (Å²) >= 11 is 0.